The minimum Gasteiger partial charge on any atom is -0.463 e. The molecule has 0 saturated carbocycles. The van der Waals surface area contributed by atoms with Crippen LogP contribution in [0, 0.1) is 0 Å². The van der Waals surface area contributed by atoms with Gasteiger partial charge < -0.3 is 34.9 Å². The molecule has 1 saturated heterocycles. The number of hydrogen-bond acceptors (Lipinski definition) is 11. The van der Waals surface area contributed by atoms with Gasteiger partial charge in [0.1, 0.15) is 29.9 Å². The lowest BCUT2D eigenvalue weighted by Gasteiger charge is -2.30. The predicted octanol–water partition coefficient (Wildman–Crippen LogP) is 0.987. The molecule has 33 heavy (non-hydrogen) atoms. The molecule has 0 radical (unpaired) electrons. The Bertz CT molecular complexity index is 1210. The van der Waals surface area contributed by atoms with Gasteiger partial charge in [0, 0.05) is 36.2 Å². The van der Waals surface area contributed by atoms with Crippen LogP contribution in [0.25, 0.3) is 10.8 Å². The first kappa shape index (κ1) is 22.7. The second kappa shape index (κ2) is 8.45. The number of esters is 2. The Labute approximate surface area is 188 Å². The van der Waals surface area contributed by atoms with Gasteiger partial charge in [-0.25, -0.2) is 4.99 Å². The molecule has 0 aliphatic carbocycles. The number of nitrogens with one attached hydrogen (secondary N) is 1. The zero-order chi connectivity index (χ0) is 23.9. The standard InChI is InChI=1S/C21H25N5O7/c1-4-14(28)31-8-12-17(33-15(29)5-2)21(3,30)20(32-12)26-7-10-11(22)6-13(27)25-18-16(10)19(26)24-9-23-18/h6-7,9,12,17,20,30H,4-5,8,22H2,1-3H3,(H,23,24,25,27)/t12-,17-,20-,21-/m1/s1. The van der Waals surface area contributed by atoms with Crippen LogP contribution in [0.3, 0.4) is 0 Å². The van der Waals surface area contributed by atoms with Crippen LogP contribution in [-0.2, 0) is 23.8 Å². The normalized spacial score (nSPS) is 25.6. The number of nitrogens with zero attached hydrogens (tertiary/aromatic N) is 3. The van der Waals surface area contributed by atoms with Crippen molar-refractivity contribution < 1.29 is 28.9 Å². The molecule has 0 bridgehead atoms. The van der Waals surface area contributed by atoms with Crippen molar-refractivity contribution in [3.05, 3.63) is 22.6 Å². The molecular formula is C21H25N5O7. The first-order chi connectivity index (χ1) is 15.7. The summed E-state index contributed by atoms with van der Waals surface area (Å²) >= 11 is 0. The third-order valence-corrected chi connectivity index (χ3v) is 5.66. The number of carbonyl (C=O) groups is 2. The maximum atomic E-state index is 12.1. The van der Waals surface area contributed by atoms with Crippen LogP contribution in [0.15, 0.2) is 22.1 Å². The van der Waals surface area contributed by atoms with E-state index in [0.717, 1.165) is 0 Å². The fourth-order valence-electron chi connectivity index (χ4n) is 4.01. The van der Waals surface area contributed by atoms with Gasteiger partial charge in [-0.1, -0.05) is 13.8 Å². The fourth-order valence-corrected chi connectivity index (χ4v) is 4.01. The van der Waals surface area contributed by atoms with E-state index in [1.807, 2.05) is 0 Å². The second-order valence-corrected chi connectivity index (χ2v) is 8.00. The van der Waals surface area contributed by atoms with Crippen LogP contribution >= 0.6 is 0 Å². The zero-order valence-corrected chi connectivity index (χ0v) is 18.4. The highest BCUT2D eigenvalue weighted by atomic mass is 16.6. The van der Waals surface area contributed by atoms with E-state index in [9.17, 15) is 19.5 Å². The maximum absolute atomic E-state index is 12.1. The van der Waals surface area contributed by atoms with Crippen molar-refractivity contribution in [3.63, 3.8) is 0 Å². The van der Waals surface area contributed by atoms with E-state index >= 15 is 0 Å². The van der Waals surface area contributed by atoms with E-state index < -0.39 is 41.5 Å². The third-order valence-electron chi connectivity index (χ3n) is 5.66. The van der Waals surface area contributed by atoms with E-state index in [0.29, 0.717) is 16.6 Å². The molecule has 4 heterocycles. The van der Waals surface area contributed by atoms with Gasteiger partial charge in [0.2, 0.25) is 0 Å². The van der Waals surface area contributed by atoms with Crippen LogP contribution in [0.2, 0.25) is 0 Å². The molecule has 12 nitrogen and oxygen atoms in total. The quantitative estimate of drug-likeness (QED) is 0.530. The molecule has 4 rings (SSSR count). The molecule has 12 heteroatoms. The van der Waals surface area contributed by atoms with E-state index in [-0.39, 0.29) is 31.0 Å². The Morgan fingerprint density at radius 3 is 2.76 bits per heavy atom. The summed E-state index contributed by atoms with van der Waals surface area (Å²) in [5.41, 5.74) is 4.03. The van der Waals surface area contributed by atoms with Gasteiger partial charge in [0.15, 0.2) is 12.3 Å². The van der Waals surface area contributed by atoms with Crippen LogP contribution in [0.4, 0.5) is 17.3 Å². The van der Waals surface area contributed by atoms with E-state index in [1.165, 1.54) is 19.3 Å². The Hall–Kier alpha value is -3.51. The molecular weight excluding hydrogens is 434 g/mol. The monoisotopic (exact) mass is 459 g/mol. The second-order valence-electron chi connectivity index (χ2n) is 8.00. The summed E-state index contributed by atoms with van der Waals surface area (Å²) in [5, 5.41) is 15.2. The minimum absolute atomic E-state index is 0.0902. The average molecular weight is 459 g/mol. The molecule has 2 aromatic heterocycles. The molecule has 0 aromatic carbocycles. The van der Waals surface area contributed by atoms with E-state index in [1.54, 1.807) is 24.6 Å². The third kappa shape index (κ3) is 3.91. The average Bonchev–Trinajstić information content (AvgIpc) is 3.23. The molecule has 4 atom stereocenters. The highest BCUT2D eigenvalue weighted by Crippen LogP contribution is 2.46. The summed E-state index contributed by atoms with van der Waals surface area (Å²) < 4.78 is 18.3. The van der Waals surface area contributed by atoms with E-state index in [4.69, 9.17) is 19.9 Å². The number of nitrogens with two attached hydrogens (primary N) is 1. The van der Waals surface area contributed by atoms with Crippen molar-refractivity contribution in [1.29, 1.82) is 0 Å². The van der Waals surface area contributed by atoms with Crippen molar-refractivity contribution in [2.24, 2.45) is 4.99 Å². The zero-order valence-electron chi connectivity index (χ0n) is 18.4. The molecule has 0 amide bonds. The summed E-state index contributed by atoms with van der Waals surface area (Å²) in [4.78, 5) is 44.1. The first-order valence-corrected chi connectivity index (χ1v) is 10.5. The first-order valence-electron chi connectivity index (χ1n) is 10.5. The number of anilines is 2. The predicted molar refractivity (Wildman–Crippen MR) is 118 cm³/mol. The Morgan fingerprint density at radius 2 is 2.06 bits per heavy atom. The number of aliphatic imine (C=N–C) groups is 1. The van der Waals surface area contributed by atoms with Crippen LogP contribution < -0.4 is 16.6 Å². The van der Waals surface area contributed by atoms with Crippen LogP contribution in [0.1, 0.15) is 39.8 Å². The Morgan fingerprint density at radius 1 is 1.33 bits per heavy atom. The van der Waals surface area contributed by atoms with Crippen molar-refractivity contribution in [1.82, 2.24) is 9.55 Å². The van der Waals surface area contributed by atoms with Gasteiger partial charge in [0.05, 0.1) is 11.7 Å². The van der Waals surface area contributed by atoms with Crippen molar-refractivity contribution >= 4 is 46.4 Å². The molecule has 2 aliphatic rings. The topological polar surface area (TPSA) is 167 Å². The number of aliphatic hydroxyl groups is 1. The van der Waals surface area contributed by atoms with Gasteiger partial charge in [-0.3, -0.25) is 14.4 Å². The lowest BCUT2D eigenvalue weighted by molar-refractivity contribution is -0.165. The number of carbonyl (C=O) groups excluding carboxylic acids is 2. The SMILES string of the molecule is CCC(=O)OC[C@H]1O[C@@H](n2cc3c(N)cc(=O)nc4c3c2N=CN4)[C@](C)(O)[C@@H]1OC(=O)CC. The smallest absolute Gasteiger partial charge is 0.305 e. The van der Waals surface area contributed by atoms with Gasteiger partial charge in [-0.15, -0.1) is 0 Å². The highest BCUT2D eigenvalue weighted by Gasteiger charge is 2.57. The number of ether oxygens (including phenoxy) is 3. The van der Waals surface area contributed by atoms with Crippen LogP contribution in [-0.4, -0.2) is 57.4 Å². The van der Waals surface area contributed by atoms with E-state index in [2.05, 4.69) is 15.3 Å². The summed E-state index contributed by atoms with van der Waals surface area (Å²) in [5.74, 6) is -0.395. The van der Waals surface area contributed by atoms with Crippen LogP contribution in [0.5, 0.6) is 0 Å². The molecule has 4 N–H and O–H groups in total. The largest absolute Gasteiger partial charge is 0.463 e. The molecule has 0 spiro atoms. The van der Waals surface area contributed by atoms with Gasteiger partial charge in [-0.05, 0) is 6.92 Å². The molecule has 176 valence electrons. The lowest BCUT2D eigenvalue weighted by Crippen LogP contribution is -2.47. The number of nitrogen functional groups attached to an aromatic ring is 1. The van der Waals surface area contributed by atoms with Crippen molar-refractivity contribution in [2.75, 3.05) is 17.7 Å². The maximum Gasteiger partial charge on any atom is 0.305 e. The van der Waals surface area contributed by atoms with Gasteiger partial charge >= 0.3 is 11.9 Å². The number of aromatic nitrogens is 2. The molecule has 0 unspecified atom stereocenters. The Kier molecular flexibility index (Phi) is 5.80. The number of rotatable bonds is 6. The highest BCUT2D eigenvalue weighted by molar-refractivity contribution is 6.10. The number of hydrogen-bond donors (Lipinski definition) is 3. The summed E-state index contributed by atoms with van der Waals surface area (Å²) in [6.45, 7) is 4.53. The van der Waals surface area contributed by atoms with Crippen molar-refractivity contribution in [3.8, 4) is 0 Å². The van der Waals surface area contributed by atoms with Crippen molar-refractivity contribution in [2.45, 2.75) is 57.6 Å². The van der Waals surface area contributed by atoms with Gasteiger partial charge in [0.25, 0.3) is 5.56 Å². The Balaban J connectivity index is 1.81. The summed E-state index contributed by atoms with van der Waals surface area (Å²) in [7, 11) is 0. The molecule has 1 fully saturated rings. The molecule has 2 aromatic rings. The lowest BCUT2D eigenvalue weighted by atomic mass is 9.96. The van der Waals surface area contributed by atoms with Gasteiger partial charge in [-0.2, -0.15) is 4.98 Å². The summed E-state index contributed by atoms with van der Waals surface area (Å²) in [6.07, 6.45) is 0.0597. The molecule has 2 aliphatic heterocycles. The minimum atomic E-state index is -1.73. The summed E-state index contributed by atoms with van der Waals surface area (Å²) in [6, 6.07) is 1.19. The fraction of sp³-hybridized carbons (Fsp3) is 0.476.